The summed E-state index contributed by atoms with van der Waals surface area (Å²) in [6.07, 6.45) is 0.931. The van der Waals surface area contributed by atoms with Gasteiger partial charge >= 0.3 is 0 Å². The number of sulfonamides is 1. The second-order valence-electron chi connectivity index (χ2n) is 7.36. The quantitative estimate of drug-likeness (QED) is 0.673. The average molecular weight is 461 g/mol. The zero-order valence-electron chi connectivity index (χ0n) is 17.6. The van der Waals surface area contributed by atoms with E-state index in [9.17, 15) is 18.0 Å². The molecule has 0 bridgehead atoms. The van der Waals surface area contributed by atoms with Gasteiger partial charge in [-0.15, -0.1) is 0 Å². The number of amides is 2. The smallest absolute Gasteiger partial charge is 0.262 e. The lowest BCUT2D eigenvalue weighted by molar-refractivity contribution is -0.119. The van der Waals surface area contributed by atoms with Crippen molar-refractivity contribution in [1.82, 2.24) is 4.31 Å². The van der Waals surface area contributed by atoms with Gasteiger partial charge in [0, 0.05) is 30.4 Å². The number of fused-ring (bicyclic) bond motifs is 1. The highest BCUT2D eigenvalue weighted by Gasteiger charge is 2.40. The van der Waals surface area contributed by atoms with Gasteiger partial charge in [-0.1, -0.05) is 0 Å². The summed E-state index contributed by atoms with van der Waals surface area (Å²) < 4.78 is 43.5. The van der Waals surface area contributed by atoms with E-state index in [-0.39, 0.29) is 29.6 Å². The SMILES string of the molecule is COc1cc(NC(=O)C2CCCN2S(=O)(=O)c2ccc3c(c2)NC(=O)CO3)cc(OC)c1. The first-order valence-electron chi connectivity index (χ1n) is 9.94. The van der Waals surface area contributed by atoms with Crippen LogP contribution in [0.15, 0.2) is 41.3 Å². The first kappa shape index (κ1) is 21.9. The minimum atomic E-state index is -3.99. The molecule has 1 unspecified atom stereocenters. The molecule has 0 radical (unpaired) electrons. The van der Waals surface area contributed by atoms with E-state index < -0.39 is 22.0 Å². The largest absolute Gasteiger partial charge is 0.497 e. The van der Waals surface area contributed by atoms with Crippen molar-refractivity contribution in [2.24, 2.45) is 0 Å². The molecule has 2 amide bonds. The van der Waals surface area contributed by atoms with Gasteiger partial charge in [0.2, 0.25) is 15.9 Å². The Morgan fingerprint density at radius 1 is 1.16 bits per heavy atom. The number of carbonyl (C=O) groups is 2. The van der Waals surface area contributed by atoms with Crippen LogP contribution >= 0.6 is 0 Å². The van der Waals surface area contributed by atoms with Crippen molar-refractivity contribution in [2.45, 2.75) is 23.8 Å². The lowest BCUT2D eigenvalue weighted by atomic mass is 10.2. The van der Waals surface area contributed by atoms with Gasteiger partial charge in [0.05, 0.1) is 24.8 Å². The zero-order valence-corrected chi connectivity index (χ0v) is 18.4. The van der Waals surface area contributed by atoms with Crippen molar-refractivity contribution in [3.63, 3.8) is 0 Å². The first-order valence-corrected chi connectivity index (χ1v) is 11.4. The minimum Gasteiger partial charge on any atom is -0.497 e. The Morgan fingerprint density at radius 3 is 2.56 bits per heavy atom. The van der Waals surface area contributed by atoms with Crippen molar-refractivity contribution in [3.8, 4) is 17.2 Å². The number of carbonyl (C=O) groups excluding carboxylic acids is 2. The molecule has 2 aromatic carbocycles. The second-order valence-corrected chi connectivity index (χ2v) is 9.25. The van der Waals surface area contributed by atoms with Crippen LogP contribution in [0, 0.1) is 0 Å². The molecule has 2 aliphatic rings. The van der Waals surface area contributed by atoms with Gasteiger partial charge in [0.25, 0.3) is 5.91 Å². The first-order chi connectivity index (χ1) is 15.3. The molecule has 2 heterocycles. The molecule has 32 heavy (non-hydrogen) atoms. The number of nitrogens with zero attached hydrogens (tertiary/aromatic N) is 1. The van der Waals surface area contributed by atoms with E-state index in [1.165, 1.54) is 36.7 Å². The lowest BCUT2D eigenvalue weighted by Gasteiger charge is -2.25. The Kier molecular flexibility index (Phi) is 5.94. The van der Waals surface area contributed by atoms with Crippen molar-refractivity contribution < 1.29 is 32.2 Å². The van der Waals surface area contributed by atoms with Crippen LogP contribution in [0.1, 0.15) is 12.8 Å². The molecule has 4 rings (SSSR count). The molecule has 2 N–H and O–H groups in total. The summed E-state index contributed by atoms with van der Waals surface area (Å²) in [7, 11) is -0.990. The van der Waals surface area contributed by atoms with Gasteiger partial charge in [0.15, 0.2) is 6.61 Å². The number of nitrogens with one attached hydrogen (secondary N) is 2. The van der Waals surface area contributed by atoms with Crippen LogP contribution in [0.25, 0.3) is 0 Å². The fourth-order valence-corrected chi connectivity index (χ4v) is 5.44. The van der Waals surface area contributed by atoms with E-state index in [2.05, 4.69) is 10.6 Å². The van der Waals surface area contributed by atoms with Crippen molar-refractivity contribution in [1.29, 1.82) is 0 Å². The Bertz CT molecular complexity index is 1140. The zero-order chi connectivity index (χ0) is 22.9. The van der Waals surface area contributed by atoms with Crippen LogP contribution in [0.3, 0.4) is 0 Å². The fourth-order valence-electron chi connectivity index (χ4n) is 3.75. The summed E-state index contributed by atoms with van der Waals surface area (Å²) in [5.41, 5.74) is 0.718. The van der Waals surface area contributed by atoms with E-state index in [4.69, 9.17) is 14.2 Å². The third kappa shape index (κ3) is 4.21. The average Bonchev–Trinajstić information content (AvgIpc) is 3.29. The Morgan fingerprint density at radius 2 is 1.88 bits per heavy atom. The number of anilines is 2. The summed E-state index contributed by atoms with van der Waals surface area (Å²) >= 11 is 0. The van der Waals surface area contributed by atoms with E-state index >= 15 is 0 Å². The highest BCUT2D eigenvalue weighted by Crippen LogP contribution is 2.34. The Hall–Kier alpha value is -3.31. The molecule has 2 aromatic rings. The maximum atomic E-state index is 13.3. The standard InChI is InChI=1S/C21H23N3O7S/c1-29-14-8-13(9-15(10-14)30-2)22-21(26)18-4-3-7-24(18)32(27,28)16-5-6-19-17(11-16)23-20(25)12-31-19/h5-6,8-11,18H,3-4,7,12H2,1-2H3,(H,22,26)(H,23,25). The van der Waals surface area contributed by atoms with Crippen molar-refractivity contribution >= 4 is 33.2 Å². The van der Waals surface area contributed by atoms with Crippen LogP contribution in [0.5, 0.6) is 17.2 Å². The number of rotatable bonds is 6. The number of benzene rings is 2. The second kappa shape index (κ2) is 8.67. The normalized spacial score (nSPS) is 18.3. The molecule has 170 valence electrons. The van der Waals surface area contributed by atoms with Gasteiger partial charge in [-0.2, -0.15) is 4.31 Å². The molecule has 0 saturated carbocycles. The topological polar surface area (TPSA) is 123 Å². The van der Waals surface area contributed by atoms with Gasteiger partial charge in [-0.25, -0.2) is 8.42 Å². The molecule has 2 aliphatic heterocycles. The van der Waals surface area contributed by atoms with E-state index in [0.29, 0.717) is 35.8 Å². The van der Waals surface area contributed by atoms with Crippen LogP contribution < -0.4 is 24.8 Å². The van der Waals surface area contributed by atoms with Gasteiger partial charge < -0.3 is 24.8 Å². The Balaban J connectivity index is 1.57. The van der Waals surface area contributed by atoms with Crippen LogP contribution in [-0.2, 0) is 19.6 Å². The van der Waals surface area contributed by atoms with Gasteiger partial charge in [-0.3, -0.25) is 9.59 Å². The highest BCUT2D eigenvalue weighted by atomic mass is 32.2. The lowest BCUT2D eigenvalue weighted by Crippen LogP contribution is -2.43. The van der Waals surface area contributed by atoms with E-state index in [1.54, 1.807) is 18.2 Å². The van der Waals surface area contributed by atoms with E-state index in [0.717, 1.165) is 0 Å². The third-order valence-corrected chi connectivity index (χ3v) is 7.22. The molecular formula is C21H23N3O7S. The fraction of sp³-hybridized carbons (Fsp3) is 0.333. The predicted octanol–water partition coefficient (Wildman–Crippen LogP) is 1.83. The summed E-state index contributed by atoms with van der Waals surface area (Å²) in [4.78, 5) is 24.6. The number of methoxy groups -OCH3 is 2. The Labute approximate surface area is 185 Å². The summed E-state index contributed by atoms with van der Waals surface area (Å²) in [5, 5.41) is 5.36. The maximum absolute atomic E-state index is 13.3. The molecule has 0 aliphatic carbocycles. The third-order valence-electron chi connectivity index (χ3n) is 5.32. The molecule has 0 aromatic heterocycles. The molecule has 10 nitrogen and oxygen atoms in total. The highest BCUT2D eigenvalue weighted by molar-refractivity contribution is 7.89. The monoisotopic (exact) mass is 461 g/mol. The van der Waals surface area contributed by atoms with Gasteiger partial charge in [0.1, 0.15) is 23.3 Å². The molecule has 1 fully saturated rings. The molecule has 1 saturated heterocycles. The minimum absolute atomic E-state index is 0.0233. The van der Waals surface area contributed by atoms with Crippen LogP contribution in [0.4, 0.5) is 11.4 Å². The molecular weight excluding hydrogens is 438 g/mol. The maximum Gasteiger partial charge on any atom is 0.262 e. The molecule has 1 atom stereocenters. The molecule has 11 heteroatoms. The number of hydrogen-bond donors (Lipinski definition) is 2. The number of ether oxygens (including phenoxy) is 3. The van der Waals surface area contributed by atoms with Crippen molar-refractivity contribution in [3.05, 3.63) is 36.4 Å². The predicted molar refractivity (Wildman–Crippen MR) is 116 cm³/mol. The number of hydrogen-bond acceptors (Lipinski definition) is 7. The summed E-state index contributed by atoms with van der Waals surface area (Å²) in [6, 6.07) is 8.30. The van der Waals surface area contributed by atoms with E-state index in [1.807, 2.05) is 0 Å². The van der Waals surface area contributed by atoms with Crippen LogP contribution in [0.2, 0.25) is 0 Å². The van der Waals surface area contributed by atoms with Crippen molar-refractivity contribution in [2.75, 3.05) is 38.0 Å². The van der Waals surface area contributed by atoms with Gasteiger partial charge in [-0.05, 0) is 31.0 Å². The summed E-state index contributed by atoms with van der Waals surface area (Å²) in [6.45, 7) is 0.0876. The summed E-state index contributed by atoms with van der Waals surface area (Å²) in [5.74, 6) is 0.573. The van der Waals surface area contributed by atoms with Crippen LogP contribution in [-0.4, -0.2) is 58.0 Å². The molecule has 0 spiro atoms.